The van der Waals surface area contributed by atoms with Gasteiger partial charge in [-0.1, -0.05) is 66.7 Å². The van der Waals surface area contributed by atoms with Crippen LogP contribution in [0.3, 0.4) is 0 Å². The van der Waals surface area contributed by atoms with Gasteiger partial charge >= 0.3 is 0 Å². The summed E-state index contributed by atoms with van der Waals surface area (Å²) in [4.78, 5) is 17.7. The molecule has 7 heteroatoms. The van der Waals surface area contributed by atoms with Crippen LogP contribution >= 0.6 is 0 Å². The van der Waals surface area contributed by atoms with Crippen LogP contribution in [0.5, 0.6) is 0 Å². The van der Waals surface area contributed by atoms with Gasteiger partial charge in [0.1, 0.15) is 5.69 Å². The molecule has 7 nitrogen and oxygen atoms in total. The Morgan fingerprint density at radius 1 is 0.886 bits per heavy atom. The lowest BCUT2D eigenvalue weighted by Gasteiger charge is -2.07. The molecule has 0 spiro atoms. The third-order valence-electron chi connectivity index (χ3n) is 5.73. The predicted molar refractivity (Wildman–Crippen MR) is 135 cm³/mol. The van der Waals surface area contributed by atoms with Crippen LogP contribution in [0.4, 0.5) is 0 Å². The van der Waals surface area contributed by atoms with Gasteiger partial charge < -0.3 is 5.32 Å². The molecule has 0 bridgehead atoms. The monoisotopic (exact) mass is 462 g/mol. The molecule has 1 N–H and O–H groups in total. The van der Waals surface area contributed by atoms with E-state index in [0.29, 0.717) is 24.3 Å². The van der Waals surface area contributed by atoms with Crippen LogP contribution in [0.1, 0.15) is 32.9 Å². The van der Waals surface area contributed by atoms with Gasteiger partial charge in [-0.3, -0.25) is 9.48 Å². The molecule has 0 saturated heterocycles. The van der Waals surface area contributed by atoms with Crippen LogP contribution in [0.2, 0.25) is 0 Å². The lowest BCUT2D eigenvalue weighted by Crippen LogP contribution is -2.23. The van der Waals surface area contributed by atoms with Crippen molar-refractivity contribution in [2.45, 2.75) is 26.9 Å². The number of nitrogens with one attached hydrogen (secondary N) is 1. The predicted octanol–water partition coefficient (Wildman–Crippen LogP) is 4.73. The normalized spacial score (nSPS) is 10.9. The SMILES string of the molecule is Cc1cc(C)n(-c2ccc(CNC(=O)c3cn(Cc4ccccc4)nc3-c3ccccc3)cn2)n1. The number of amides is 1. The van der Waals surface area contributed by atoms with E-state index in [2.05, 4.69) is 15.4 Å². The van der Waals surface area contributed by atoms with E-state index in [4.69, 9.17) is 5.10 Å². The second-order valence-corrected chi connectivity index (χ2v) is 8.49. The molecule has 0 atom stereocenters. The first kappa shape index (κ1) is 22.3. The second kappa shape index (κ2) is 9.77. The zero-order valence-corrected chi connectivity index (χ0v) is 19.7. The molecule has 3 aromatic heterocycles. The fraction of sp³-hybridized carbons (Fsp3) is 0.143. The van der Waals surface area contributed by atoms with Gasteiger partial charge in [0.25, 0.3) is 5.91 Å². The van der Waals surface area contributed by atoms with Crippen molar-refractivity contribution < 1.29 is 4.79 Å². The van der Waals surface area contributed by atoms with Crippen LogP contribution in [0, 0.1) is 13.8 Å². The first-order valence-electron chi connectivity index (χ1n) is 11.5. The van der Waals surface area contributed by atoms with Crippen LogP contribution in [0.25, 0.3) is 17.1 Å². The lowest BCUT2D eigenvalue weighted by atomic mass is 10.1. The van der Waals surface area contributed by atoms with E-state index in [1.807, 2.05) is 108 Å². The van der Waals surface area contributed by atoms with Gasteiger partial charge in [0, 0.05) is 30.2 Å². The average molecular weight is 463 g/mol. The minimum atomic E-state index is -0.175. The van der Waals surface area contributed by atoms with Crippen LogP contribution in [-0.4, -0.2) is 30.5 Å². The largest absolute Gasteiger partial charge is 0.348 e. The Hall–Kier alpha value is -4.52. The molecule has 0 fully saturated rings. The van der Waals surface area contributed by atoms with Gasteiger partial charge in [-0.05, 0) is 37.1 Å². The number of aromatic nitrogens is 5. The van der Waals surface area contributed by atoms with Gasteiger partial charge in [0.15, 0.2) is 5.82 Å². The van der Waals surface area contributed by atoms with Crippen molar-refractivity contribution in [1.82, 2.24) is 29.9 Å². The Morgan fingerprint density at radius 3 is 2.29 bits per heavy atom. The average Bonchev–Trinajstić information content (AvgIpc) is 3.46. The molecule has 0 aliphatic heterocycles. The van der Waals surface area contributed by atoms with Crippen LogP contribution in [-0.2, 0) is 13.1 Å². The van der Waals surface area contributed by atoms with Crippen molar-refractivity contribution in [3.05, 3.63) is 119 Å². The minimum Gasteiger partial charge on any atom is -0.348 e. The number of rotatable bonds is 7. The molecule has 0 unspecified atom stereocenters. The second-order valence-electron chi connectivity index (χ2n) is 8.49. The fourth-order valence-electron chi connectivity index (χ4n) is 4.03. The highest BCUT2D eigenvalue weighted by molar-refractivity contribution is 5.99. The zero-order chi connectivity index (χ0) is 24.2. The summed E-state index contributed by atoms with van der Waals surface area (Å²) in [5.74, 6) is 0.574. The number of pyridine rings is 1. The van der Waals surface area contributed by atoms with E-state index in [9.17, 15) is 4.79 Å². The van der Waals surface area contributed by atoms with E-state index in [1.165, 1.54) is 0 Å². The van der Waals surface area contributed by atoms with Gasteiger partial charge in [0.05, 0.1) is 17.8 Å². The Balaban J connectivity index is 1.34. The Bertz CT molecular complexity index is 1440. The smallest absolute Gasteiger partial charge is 0.255 e. The Morgan fingerprint density at radius 2 is 1.63 bits per heavy atom. The maximum absolute atomic E-state index is 13.2. The maximum Gasteiger partial charge on any atom is 0.255 e. The molecule has 5 rings (SSSR count). The molecule has 2 aromatic carbocycles. The summed E-state index contributed by atoms with van der Waals surface area (Å²) in [5.41, 5.74) is 6.10. The summed E-state index contributed by atoms with van der Waals surface area (Å²) >= 11 is 0. The third kappa shape index (κ3) is 5.04. The number of carbonyl (C=O) groups excluding carboxylic acids is 1. The number of aryl methyl sites for hydroxylation is 2. The molecule has 1 amide bonds. The highest BCUT2D eigenvalue weighted by atomic mass is 16.1. The minimum absolute atomic E-state index is 0.175. The van der Waals surface area contributed by atoms with Crippen molar-refractivity contribution in [2.24, 2.45) is 0 Å². The van der Waals surface area contributed by atoms with E-state index < -0.39 is 0 Å². The highest BCUT2D eigenvalue weighted by Crippen LogP contribution is 2.22. The van der Waals surface area contributed by atoms with Gasteiger partial charge in [0.2, 0.25) is 0 Å². The molecule has 35 heavy (non-hydrogen) atoms. The standard InChI is InChI=1S/C28H26N6O/c1-20-15-21(2)34(31-20)26-14-13-23(16-29-26)17-30-28(35)25-19-33(18-22-9-5-3-6-10-22)32-27(25)24-11-7-4-8-12-24/h3-16,19H,17-18H2,1-2H3,(H,30,35). The van der Waals surface area contributed by atoms with Crippen molar-refractivity contribution in [3.63, 3.8) is 0 Å². The Kier molecular flexibility index (Phi) is 6.22. The molecule has 0 saturated carbocycles. The van der Waals surface area contributed by atoms with Gasteiger partial charge in [-0.25, -0.2) is 9.67 Å². The van der Waals surface area contributed by atoms with Crippen molar-refractivity contribution >= 4 is 5.91 Å². The molecule has 5 aromatic rings. The summed E-state index contributed by atoms with van der Waals surface area (Å²) in [5, 5.41) is 12.2. The first-order valence-corrected chi connectivity index (χ1v) is 11.5. The number of hydrogen-bond donors (Lipinski definition) is 1. The summed E-state index contributed by atoms with van der Waals surface area (Å²) in [6.07, 6.45) is 3.58. The zero-order valence-electron chi connectivity index (χ0n) is 19.7. The number of carbonyl (C=O) groups is 1. The summed E-state index contributed by atoms with van der Waals surface area (Å²) < 4.78 is 3.63. The van der Waals surface area contributed by atoms with Gasteiger partial charge in [-0.15, -0.1) is 0 Å². The van der Waals surface area contributed by atoms with E-state index in [1.54, 1.807) is 6.20 Å². The highest BCUT2D eigenvalue weighted by Gasteiger charge is 2.18. The van der Waals surface area contributed by atoms with Gasteiger partial charge in [-0.2, -0.15) is 10.2 Å². The van der Waals surface area contributed by atoms with Crippen LogP contribution in [0.15, 0.2) is 91.3 Å². The summed E-state index contributed by atoms with van der Waals surface area (Å²) in [6, 6.07) is 25.7. The molecule has 0 aliphatic rings. The van der Waals surface area contributed by atoms with E-state index >= 15 is 0 Å². The van der Waals surface area contributed by atoms with Crippen molar-refractivity contribution in [1.29, 1.82) is 0 Å². The van der Waals surface area contributed by atoms with E-state index in [0.717, 1.165) is 33.9 Å². The number of hydrogen-bond acceptors (Lipinski definition) is 4. The molecular formula is C28H26N6O. The van der Waals surface area contributed by atoms with Crippen molar-refractivity contribution in [3.8, 4) is 17.1 Å². The molecular weight excluding hydrogens is 436 g/mol. The molecule has 0 aliphatic carbocycles. The quantitative estimate of drug-likeness (QED) is 0.379. The molecule has 3 heterocycles. The Labute approximate surface area is 204 Å². The maximum atomic E-state index is 13.2. The number of nitrogens with zero attached hydrogens (tertiary/aromatic N) is 5. The fourth-order valence-corrected chi connectivity index (χ4v) is 4.03. The van der Waals surface area contributed by atoms with Crippen molar-refractivity contribution in [2.75, 3.05) is 0 Å². The molecule has 174 valence electrons. The topological polar surface area (TPSA) is 77.6 Å². The number of benzene rings is 2. The van der Waals surface area contributed by atoms with E-state index in [-0.39, 0.29) is 5.91 Å². The molecule has 0 radical (unpaired) electrons. The van der Waals surface area contributed by atoms with Crippen LogP contribution < -0.4 is 5.32 Å². The first-order chi connectivity index (χ1) is 17.1. The summed E-state index contributed by atoms with van der Waals surface area (Å²) in [7, 11) is 0. The third-order valence-corrected chi connectivity index (χ3v) is 5.73. The summed E-state index contributed by atoms with van der Waals surface area (Å²) in [6.45, 7) is 4.91. The lowest BCUT2D eigenvalue weighted by molar-refractivity contribution is 0.0951.